The van der Waals surface area contributed by atoms with E-state index in [-0.39, 0.29) is 0 Å². The van der Waals surface area contributed by atoms with Crippen LogP contribution in [0.2, 0.25) is 0 Å². The van der Waals surface area contributed by atoms with Crippen molar-refractivity contribution in [2.24, 2.45) is 0 Å². The Hall–Kier alpha value is -2.23. The van der Waals surface area contributed by atoms with E-state index in [4.69, 9.17) is 0 Å². The molecule has 0 saturated heterocycles. The summed E-state index contributed by atoms with van der Waals surface area (Å²) in [7, 11) is 0. The second-order valence-electron chi connectivity index (χ2n) is 4.71. The first-order chi connectivity index (χ1) is 9.47. The van der Waals surface area contributed by atoms with Crippen molar-refractivity contribution in [3.63, 3.8) is 0 Å². The van der Waals surface area contributed by atoms with E-state index in [1.165, 1.54) is 12.1 Å². The average Bonchev–Trinajstić information content (AvgIpc) is 2.43. The molecule has 0 saturated carbocycles. The van der Waals surface area contributed by atoms with Gasteiger partial charge in [0.05, 0.1) is 0 Å². The minimum Gasteiger partial charge on any atom is -0.381 e. The van der Waals surface area contributed by atoms with Crippen LogP contribution in [-0.4, -0.2) is 4.98 Å². The maximum atomic E-state index is 13.1. The molecule has 0 amide bonds. The van der Waals surface area contributed by atoms with E-state index in [2.05, 4.69) is 16.9 Å². The fourth-order valence-corrected chi connectivity index (χ4v) is 1.77. The summed E-state index contributed by atoms with van der Waals surface area (Å²) >= 11 is 0. The highest BCUT2D eigenvalue weighted by molar-refractivity contribution is 5.61. The van der Waals surface area contributed by atoms with Gasteiger partial charge in [0.15, 0.2) is 11.6 Å². The van der Waals surface area contributed by atoms with Gasteiger partial charge in [-0.1, -0.05) is 12.6 Å². The first-order valence-corrected chi connectivity index (χ1v) is 6.27. The molecular formula is C16H16F2N2. The summed E-state index contributed by atoms with van der Waals surface area (Å²) in [5.41, 5.74) is 4.29. The molecule has 1 heterocycles. The van der Waals surface area contributed by atoms with Crippen LogP contribution in [0.3, 0.4) is 0 Å². The normalized spacial score (nSPS) is 10.4. The van der Waals surface area contributed by atoms with Crippen molar-refractivity contribution in [1.82, 2.24) is 10.3 Å². The van der Waals surface area contributed by atoms with Crippen molar-refractivity contribution in [1.29, 1.82) is 0 Å². The van der Waals surface area contributed by atoms with E-state index in [0.29, 0.717) is 17.8 Å². The maximum absolute atomic E-state index is 13.1. The highest BCUT2D eigenvalue weighted by Gasteiger charge is 2.04. The van der Waals surface area contributed by atoms with Crippen LogP contribution >= 0.6 is 0 Å². The Morgan fingerprint density at radius 1 is 1.20 bits per heavy atom. The van der Waals surface area contributed by atoms with Gasteiger partial charge in [0.25, 0.3) is 0 Å². The SMILES string of the molecule is C=C(NCc1ccc(F)c(F)c1)c1cnc(C)c(C)c1. The number of halogens is 2. The molecule has 2 rings (SSSR count). The molecule has 0 bridgehead atoms. The zero-order valence-corrected chi connectivity index (χ0v) is 11.5. The number of benzene rings is 1. The fraction of sp³-hybridized carbons (Fsp3) is 0.188. The van der Waals surface area contributed by atoms with Gasteiger partial charge in [-0.25, -0.2) is 8.78 Å². The molecule has 0 aliphatic heterocycles. The van der Waals surface area contributed by atoms with Gasteiger partial charge in [0.1, 0.15) is 0 Å². The Morgan fingerprint density at radius 2 is 1.95 bits per heavy atom. The molecular weight excluding hydrogens is 258 g/mol. The van der Waals surface area contributed by atoms with E-state index in [1.807, 2.05) is 19.9 Å². The van der Waals surface area contributed by atoms with Gasteiger partial charge in [-0.15, -0.1) is 0 Å². The molecule has 0 radical (unpaired) electrons. The van der Waals surface area contributed by atoms with Gasteiger partial charge < -0.3 is 5.32 Å². The van der Waals surface area contributed by atoms with Crippen molar-refractivity contribution in [2.45, 2.75) is 20.4 Å². The predicted molar refractivity (Wildman–Crippen MR) is 75.9 cm³/mol. The third-order valence-corrected chi connectivity index (χ3v) is 3.18. The molecule has 1 aromatic heterocycles. The number of rotatable bonds is 4. The summed E-state index contributed by atoms with van der Waals surface area (Å²) in [6.07, 6.45) is 1.74. The van der Waals surface area contributed by atoms with E-state index < -0.39 is 11.6 Å². The molecule has 1 aromatic carbocycles. The summed E-state index contributed by atoms with van der Waals surface area (Å²) < 4.78 is 25.9. The Balaban J connectivity index is 2.04. The minimum atomic E-state index is -0.845. The molecule has 0 aliphatic rings. The second-order valence-corrected chi connectivity index (χ2v) is 4.71. The zero-order valence-electron chi connectivity index (χ0n) is 11.5. The molecule has 0 fully saturated rings. The quantitative estimate of drug-likeness (QED) is 0.918. The van der Waals surface area contributed by atoms with E-state index >= 15 is 0 Å². The van der Waals surface area contributed by atoms with Gasteiger partial charge >= 0.3 is 0 Å². The highest BCUT2D eigenvalue weighted by Crippen LogP contribution is 2.14. The fourth-order valence-electron chi connectivity index (χ4n) is 1.77. The first-order valence-electron chi connectivity index (χ1n) is 6.27. The molecule has 0 unspecified atom stereocenters. The van der Waals surface area contributed by atoms with Crippen molar-refractivity contribution < 1.29 is 8.78 Å². The predicted octanol–water partition coefficient (Wildman–Crippen LogP) is 3.74. The van der Waals surface area contributed by atoms with Gasteiger partial charge in [0, 0.05) is 29.7 Å². The van der Waals surface area contributed by atoms with Crippen LogP contribution in [0, 0.1) is 25.5 Å². The van der Waals surface area contributed by atoms with Crippen molar-refractivity contribution >= 4 is 5.70 Å². The summed E-state index contributed by atoms with van der Waals surface area (Å²) in [4.78, 5) is 4.27. The monoisotopic (exact) mass is 274 g/mol. The van der Waals surface area contributed by atoms with Crippen LogP contribution < -0.4 is 5.32 Å². The number of aryl methyl sites for hydroxylation is 2. The molecule has 104 valence electrons. The summed E-state index contributed by atoms with van der Waals surface area (Å²) in [5.74, 6) is -1.69. The van der Waals surface area contributed by atoms with Crippen molar-refractivity contribution in [3.05, 3.63) is 71.1 Å². The van der Waals surface area contributed by atoms with Crippen LogP contribution in [0.4, 0.5) is 8.78 Å². The van der Waals surface area contributed by atoms with Crippen LogP contribution in [0.1, 0.15) is 22.4 Å². The minimum absolute atomic E-state index is 0.378. The molecule has 4 heteroatoms. The Bertz CT molecular complexity index is 651. The van der Waals surface area contributed by atoms with Crippen LogP contribution in [0.15, 0.2) is 37.0 Å². The van der Waals surface area contributed by atoms with E-state index in [1.54, 1.807) is 6.20 Å². The van der Waals surface area contributed by atoms with Gasteiger partial charge in [-0.3, -0.25) is 4.98 Å². The summed E-state index contributed by atoms with van der Waals surface area (Å²) in [6.45, 7) is 8.23. The van der Waals surface area contributed by atoms with Crippen molar-refractivity contribution in [3.8, 4) is 0 Å². The lowest BCUT2D eigenvalue weighted by molar-refractivity contribution is 0.507. The summed E-state index contributed by atoms with van der Waals surface area (Å²) in [5, 5.41) is 3.08. The Morgan fingerprint density at radius 3 is 2.60 bits per heavy atom. The number of hydrogen-bond donors (Lipinski definition) is 1. The van der Waals surface area contributed by atoms with Gasteiger partial charge in [-0.2, -0.15) is 0 Å². The number of hydrogen-bond acceptors (Lipinski definition) is 2. The van der Waals surface area contributed by atoms with Crippen LogP contribution in [0.5, 0.6) is 0 Å². The zero-order chi connectivity index (χ0) is 14.7. The average molecular weight is 274 g/mol. The van der Waals surface area contributed by atoms with E-state index in [0.717, 1.165) is 22.9 Å². The molecule has 0 aliphatic carbocycles. The summed E-state index contributed by atoms with van der Waals surface area (Å²) in [6, 6.07) is 5.82. The largest absolute Gasteiger partial charge is 0.381 e. The molecule has 0 atom stereocenters. The third-order valence-electron chi connectivity index (χ3n) is 3.18. The molecule has 20 heavy (non-hydrogen) atoms. The highest BCUT2D eigenvalue weighted by atomic mass is 19.2. The van der Waals surface area contributed by atoms with Crippen LogP contribution in [-0.2, 0) is 6.54 Å². The second kappa shape index (κ2) is 5.82. The van der Waals surface area contributed by atoms with Crippen molar-refractivity contribution in [2.75, 3.05) is 0 Å². The van der Waals surface area contributed by atoms with Crippen LogP contribution in [0.25, 0.3) is 5.70 Å². The maximum Gasteiger partial charge on any atom is 0.159 e. The smallest absolute Gasteiger partial charge is 0.159 e. The number of nitrogens with zero attached hydrogens (tertiary/aromatic N) is 1. The lowest BCUT2D eigenvalue weighted by Crippen LogP contribution is -2.11. The topological polar surface area (TPSA) is 24.9 Å². The lowest BCUT2D eigenvalue weighted by Gasteiger charge is -2.11. The first kappa shape index (κ1) is 14.2. The standard InChI is InChI=1S/C16H16F2N2/c1-10-6-14(9-20-11(10)2)12(3)19-8-13-4-5-15(17)16(18)7-13/h4-7,9,19H,3,8H2,1-2H3. The molecule has 0 spiro atoms. The van der Waals surface area contributed by atoms with E-state index in [9.17, 15) is 8.78 Å². The third kappa shape index (κ3) is 3.20. The Labute approximate surface area is 117 Å². The number of pyridine rings is 1. The Kier molecular flexibility index (Phi) is 4.13. The number of nitrogens with one attached hydrogen (secondary N) is 1. The number of aromatic nitrogens is 1. The van der Waals surface area contributed by atoms with Gasteiger partial charge in [-0.05, 0) is 43.2 Å². The molecule has 2 aromatic rings. The lowest BCUT2D eigenvalue weighted by atomic mass is 10.1. The van der Waals surface area contributed by atoms with Gasteiger partial charge in [0.2, 0.25) is 0 Å². The molecule has 1 N–H and O–H groups in total. The molecule has 2 nitrogen and oxygen atoms in total.